The largest absolute Gasteiger partial charge is 0.0874 e. The summed E-state index contributed by atoms with van der Waals surface area (Å²) in [6.45, 7) is 0. The fourth-order valence-corrected chi connectivity index (χ4v) is 2.01. The average molecular weight is 217 g/mol. The van der Waals surface area contributed by atoms with Gasteiger partial charge >= 0.3 is 0 Å². The van der Waals surface area contributed by atoms with E-state index in [1.54, 1.807) is 0 Å². The van der Waals surface area contributed by atoms with Gasteiger partial charge < -0.3 is 0 Å². The molecule has 0 spiro atoms. The highest BCUT2D eigenvalue weighted by molar-refractivity contribution is 9.09. The molecule has 1 aliphatic carbocycles. The quantitative estimate of drug-likeness (QED) is 0.424. The second-order valence-electron chi connectivity index (χ2n) is 3.29. The molecule has 0 amide bonds. The van der Waals surface area contributed by atoms with Crippen LogP contribution in [-0.2, 0) is 0 Å². The van der Waals surface area contributed by atoms with Crippen LogP contribution < -0.4 is 0 Å². The van der Waals surface area contributed by atoms with Crippen molar-refractivity contribution in [3.05, 3.63) is 12.2 Å². The fourth-order valence-electron chi connectivity index (χ4n) is 1.47. The van der Waals surface area contributed by atoms with E-state index in [0.29, 0.717) is 4.83 Å². The summed E-state index contributed by atoms with van der Waals surface area (Å²) in [6.07, 6.45) is 14.3. The molecule has 0 N–H and O–H groups in total. The van der Waals surface area contributed by atoms with Gasteiger partial charge in [-0.05, 0) is 19.3 Å². The molecule has 0 fully saturated rings. The van der Waals surface area contributed by atoms with E-state index in [2.05, 4.69) is 28.1 Å². The van der Waals surface area contributed by atoms with Crippen LogP contribution in [0.25, 0.3) is 0 Å². The molecule has 0 heterocycles. The number of allylic oxidation sites excluding steroid dienone is 2. The van der Waals surface area contributed by atoms with Crippen molar-refractivity contribution >= 4 is 15.9 Å². The Bertz CT molecular complexity index is 118. The van der Waals surface area contributed by atoms with Gasteiger partial charge in [-0.25, -0.2) is 0 Å². The van der Waals surface area contributed by atoms with Gasteiger partial charge in [0.1, 0.15) is 0 Å². The summed E-state index contributed by atoms with van der Waals surface area (Å²) < 4.78 is 0. The maximum absolute atomic E-state index is 3.65. The summed E-state index contributed by atoms with van der Waals surface area (Å²) in [4.78, 5) is 0.639. The van der Waals surface area contributed by atoms with Crippen molar-refractivity contribution in [1.82, 2.24) is 0 Å². The Kier molecular flexibility index (Phi) is 4.92. The first-order valence-corrected chi connectivity index (χ1v) is 5.62. The van der Waals surface area contributed by atoms with Crippen LogP contribution in [0.5, 0.6) is 0 Å². The molecule has 0 saturated carbocycles. The third-order valence-corrected chi connectivity index (χ3v) is 2.96. The van der Waals surface area contributed by atoms with Crippen LogP contribution in [0.2, 0.25) is 0 Å². The van der Waals surface area contributed by atoms with Gasteiger partial charge in [0, 0.05) is 4.83 Å². The van der Waals surface area contributed by atoms with E-state index in [9.17, 15) is 0 Å². The van der Waals surface area contributed by atoms with Crippen molar-refractivity contribution in [1.29, 1.82) is 0 Å². The lowest BCUT2D eigenvalue weighted by Crippen LogP contribution is -1.93. The fraction of sp³-hybridized carbons (Fsp3) is 0.800. The number of hydrogen-bond acceptors (Lipinski definition) is 0. The highest BCUT2D eigenvalue weighted by atomic mass is 79.9. The second-order valence-corrected chi connectivity index (χ2v) is 4.47. The molecule has 1 aliphatic rings. The van der Waals surface area contributed by atoms with Crippen molar-refractivity contribution in [2.45, 2.75) is 49.8 Å². The topological polar surface area (TPSA) is 0 Å². The summed E-state index contributed by atoms with van der Waals surface area (Å²) in [5.41, 5.74) is 0. The Morgan fingerprint density at radius 2 is 1.73 bits per heavy atom. The zero-order valence-corrected chi connectivity index (χ0v) is 8.65. The molecule has 1 heteroatoms. The molecule has 0 aromatic heterocycles. The van der Waals surface area contributed by atoms with Crippen LogP contribution in [0.15, 0.2) is 12.2 Å². The normalized spacial score (nSPS) is 31.2. The minimum absolute atomic E-state index is 0.639. The Balaban J connectivity index is 2.26. The van der Waals surface area contributed by atoms with E-state index in [-0.39, 0.29) is 0 Å². The van der Waals surface area contributed by atoms with Crippen molar-refractivity contribution in [2.24, 2.45) is 0 Å². The van der Waals surface area contributed by atoms with Crippen LogP contribution in [0, 0.1) is 0 Å². The van der Waals surface area contributed by atoms with Gasteiger partial charge in [0.25, 0.3) is 0 Å². The van der Waals surface area contributed by atoms with E-state index in [4.69, 9.17) is 0 Å². The van der Waals surface area contributed by atoms with Gasteiger partial charge in [0.2, 0.25) is 0 Å². The molecule has 64 valence electrons. The smallest absolute Gasteiger partial charge is 0.0325 e. The SMILES string of the molecule is BrC1/C=C/CCCCCCC1. The van der Waals surface area contributed by atoms with E-state index in [1.807, 2.05) is 0 Å². The zero-order valence-electron chi connectivity index (χ0n) is 7.06. The lowest BCUT2D eigenvalue weighted by atomic mass is 10.1. The predicted molar refractivity (Wildman–Crippen MR) is 54.2 cm³/mol. The first-order valence-electron chi connectivity index (χ1n) is 4.70. The predicted octanol–water partition coefficient (Wildman–Crippen LogP) is 4.05. The lowest BCUT2D eigenvalue weighted by Gasteiger charge is -2.06. The summed E-state index contributed by atoms with van der Waals surface area (Å²) >= 11 is 3.65. The molecule has 0 aromatic carbocycles. The molecule has 1 atom stereocenters. The molecule has 0 saturated heterocycles. The Morgan fingerprint density at radius 3 is 2.64 bits per heavy atom. The summed E-state index contributed by atoms with van der Waals surface area (Å²) in [7, 11) is 0. The number of halogens is 1. The van der Waals surface area contributed by atoms with Crippen LogP contribution in [0.1, 0.15) is 44.9 Å². The lowest BCUT2D eigenvalue weighted by molar-refractivity contribution is 0.597. The van der Waals surface area contributed by atoms with Crippen LogP contribution in [0.4, 0.5) is 0 Å². The monoisotopic (exact) mass is 216 g/mol. The van der Waals surface area contributed by atoms with Gasteiger partial charge in [-0.2, -0.15) is 0 Å². The van der Waals surface area contributed by atoms with Gasteiger partial charge in [-0.1, -0.05) is 53.8 Å². The number of alkyl halides is 1. The third-order valence-electron chi connectivity index (χ3n) is 2.20. The molecule has 0 radical (unpaired) electrons. The van der Waals surface area contributed by atoms with E-state index < -0.39 is 0 Å². The average Bonchev–Trinajstić information content (AvgIpc) is 2.03. The Labute approximate surface area is 78.2 Å². The van der Waals surface area contributed by atoms with Gasteiger partial charge in [-0.3, -0.25) is 0 Å². The van der Waals surface area contributed by atoms with Crippen LogP contribution >= 0.6 is 15.9 Å². The maximum Gasteiger partial charge on any atom is 0.0325 e. The molecule has 0 bridgehead atoms. The van der Waals surface area contributed by atoms with E-state index >= 15 is 0 Å². The zero-order chi connectivity index (χ0) is 7.94. The van der Waals surface area contributed by atoms with Gasteiger partial charge in [0.05, 0.1) is 0 Å². The molecular formula is C10H17Br. The minimum atomic E-state index is 0.639. The molecule has 11 heavy (non-hydrogen) atoms. The summed E-state index contributed by atoms with van der Waals surface area (Å²) in [5.74, 6) is 0. The maximum atomic E-state index is 3.65. The van der Waals surface area contributed by atoms with Crippen molar-refractivity contribution in [3.8, 4) is 0 Å². The molecular weight excluding hydrogens is 200 g/mol. The minimum Gasteiger partial charge on any atom is -0.0874 e. The standard InChI is InChI=1S/C10H17Br/c11-10-8-6-4-2-1-3-5-7-9-10/h6,8,10H,1-5,7,9H2/b8-6+. The third kappa shape index (κ3) is 4.62. The van der Waals surface area contributed by atoms with Crippen molar-refractivity contribution in [2.75, 3.05) is 0 Å². The van der Waals surface area contributed by atoms with E-state index in [0.717, 1.165) is 0 Å². The van der Waals surface area contributed by atoms with Crippen molar-refractivity contribution < 1.29 is 0 Å². The molecule has 0 nitrogen and oxygen atoms in total. The highest BCUT2D eigenvalue weighted by Gasteiger charge is 2.00. The highest BCUT2D eigenvalue weighted by Crippen LogP contribution is 2.16. The van der Waals surface area contributed by atoms with Crippen LogP contribution in [0.3, 0.4) is 0 Å². The van der Waals surface area contributed by atoms with Gasteiger partial charge in [-0.15, -0.1) is 0 Å². The van der Waals surface area contributed by atoms with E-state index in [1.165, 1.54) is 44.9 Å². The first kappa shape index (κ1) is 9.31. The van der Waals surface area contributed by atoms with Crippen LogP contribution in [-0.4, -0.2) is 4.83 Å². The Morgan fingerprint density at radius 1 is 1.00 bits per heavy atom. The van der Waals surface area contributed by atoms with Gasteiger partial charge in [0.15, 0.2) is 0 Å². The van der Waals surface area contributed by atoms with Crippen molar-refractivity contribution in [3.63, 3.8) is 0 Å². The Hall–Kier alpha value is 0.220. The molecule has 0 aliphatic heterocycles. The summed E-state index contributed by atoms with van der Waals surface area (Å²) in [5, 5.41) is 0. The molecule has 1 rings (SSSR count). The second kappa shape index (κ2) is 5.82. The molecule has 0 aromatic rings. The summed E-state index contributed by atoms with van der Waals surface area (Å²) in [6, 6.07) is 0. The number of rotatable bonds is 0. The number of hydrogen-bond donors (Lipinski definition) is 0. The molecule has 1 unspecified atom stereocenters. The first-order chi connectivity index (χ1) is 5.39.